The number of aromatic amines is 1. The van der Waals surface area contributed by atoms with Gasteiger partial charge in [-0.2, -0.15) is 13.2 Å². The van der Waals surface area contributed by atoms with E-state index in [1.807, 2.05) is 25.1 Å². The molecular formula is C30H26F3N7O2. The van der Waals surface area contributed by atoms with Crippen LogP contribution in [0.4, 0.5) is 24.8 Å². The van der Waals surface area contributed by atoms with Gasteiger partial charge in [0.15, 0.2) is 0 Å². The summed E-state index contributed by atoms with van der Waals surface area (Å²) in [6.45, 7) is 2.55. The topological polar surface area (TPSA) is 120 Å². The number of carbonyl (C=O) groups excluding carboxylic acids is 1. The van der Waals surface area contributed by atoms with Gasteiger partial charge in [-0.05, 0) is 79.9 Å². The lowest BCUT2D eigenvalue weighted by Crippen LogP contribution is -2.45. The van der Waals surface area contributed by atoms with Gasteiger partial charge in [0.05, 0.1) is 17.0 Å². The highest BCUT2D eigenvalue weighted by Crippen LogP contribution is 2.34. The molecule has 214 valence electrons. The minimum atomic E-state index is -4.48. The molecule has 0 unspecified atom stereocenters. The number of H-pyrrole nitrogens is 1. The first kappa shape index (κ1) is 27.3. The van der Waals surface area contributed by atoms with Crippen LogP contribution in [0.3, 0.4) is 0 Å². The molecule has 1 saturated heterocycles. The molecule has 5 aromatic rings. The molecule has 42 heavy (non-hydrogen) atoms. The second kappa shape index (κ2) is 10.5. The lowest BCUT2D eigenvalue weighted by Gasteiger charge is -2.37. The van der Waals surface area contributed by atoms with Crippen LogP contribution in [0, 0.1) is 6.92 Å². The van der Waals surface area contributed by atoms with E-state index < -0.39 is 17.3 Å². The Kier molecular flexibility index (Phi) is 6.85. The Hall–Kier alpha value is -4.84. The van der Waals surface area contributed by atoms with E-state index in [1.54, 1.807) is 41.6 Å². The van der Waals surface area contributed by atoms with Crippen molar-refractivity contribution in [2.45, 2.75) is 31.5 Å². The molecule has 0 spiro atoms. The van der Waals surface area contributed by atoms with Crippen molar-refractivity contribution < 1.29 is 23.1 Å². The fraction of sp³-hybridized carbons (Fsp3) is 0.233. The standard InChI is InChI=1S/C30H26F3N7O2/c1-18-14-23(37-26(15-18)39-25-16-21(7-11-34-25)30(31,32)33)20-3-5-24(36-17-20)29(42)8-12-40(13-9-29)28(41)22-4-2-19-6-10-35-27(19)38-22/h2-7,10-11,14-17,42H,8-9,12-13H2,1H3,(H,35,38)(H,34,37,39). The van der Waals surface area contributed by atoms with Gasteiger partial charge in [-0.25, -0.2) is 15.0 Å². The molecule has 6 rings (SSSR count). The fourth-order valence-corrected chi connectivity index (χ4v) is 5.05. The number of piperidine rings is 1. The smallest absolute Gasteiger partial charge is 0.383 e. The molecule has 3 N–H and O–H groups in total. The lowest BCUT2D eigenvalue weighted by atomic mass is 9.87. The van der Waals surface area contributed by atoms with Crippen molar-refractivity contribution in [3.63, 3.8) is 0 Å². The Morgan fingerprint density at radius 2 is 1.81 bits per heavy atom. The minimum absolute atomic E-state index is 0.0232. The Labute approximate surface area is 238 Å². The van der Waals surface area contributed by atoms with Crippen LogP contribution in [0.15, 0.2) is 73.2 Å². The van der Waals surface area contributed by atoms with Crippen molar-refractivity contribution in [3.05, 3.63) is 95.7 Å². The normalized spacial score (nSPS) is 15.1. The van der Waals surface area contributed by atoms with E-state index in [4.69, 9.17) is 0 Å². The first-order valence-corrected chi connectivity index (χ1v) is 13.3. The molecular weight excluding hydrogens is 547 g/mol. The average molecular weight is 574 g/mol. The van der Waals surface area contributed by atoms with Gasteiger partial charge in [0.25, 0.3) is 5.91 Å². The second-order valence-corrected chi connectivity index (χ2v) is 10.3. The van der Waals surface area contributed by atoms with Crippen LogP contribution in [0.25, 0.3) is 22.3 Å². The second-order valence-electron chi connectivity index (χ2n) is 10.3. The predicted molar refractivity (Wildman–Crippen MR) is 150 cm³/mol. The predicted octanol–water partition coefficient (Wildman–Crippen LogP) is 5.61. The van der Waals surface area contributed by atoms with Gasteiger partial charge in [-0.15, -0.1) is 0 Å². The number of alkyl halides is 3. The molecule has 1 aliphatic rings. The molecule has 6 heterocycles. The summed E-state index contributed by atoms with van der Waals surface area (Å²) in [6.07, 6.45) is 0.619. The number of pyridine rings is 4. The van der Waals surface area contributed by atoms with Crippen LogP contribution in [0.5, 0.6) is 0 Å². The van der Waals surface area contributed by atoms with E-state index in [0.29, 0.717) is 60.0 Å². The number of hydrogen-bond donors (Lipinski definition) is 3. The molecule has 9 nitrogen and oxygen atoms in total. The van der Waals surface area contributed by atoms with E-state index in [2.05, 4.69) is 30.2 Å². The van der Waals surface area contributed by atoms with Gasteiger partial charge >= 0.3 is 6.18 Å². The van der Waals surface area contributed by atoms with Crippen molar-refractivity contribution in [3.8, 4) is 11.3 Å². The summed E-state index contributed by atoms with van der Waals surface area (Å²) in [4.78, 5) is 35.2. The quantitative estimate of drug-likeness (QED) is 0.250. The number of aryl methyl sites for hydroxylation is 1. The van der Waals surface area contributed by atoms with E-state index in [9.17, 15) is 23.1 Å². The Morgan fingerprint density at radius 1 is 1.00 bits per heavy atom. The number of carbonyl (C=O) groups is 1. The van der Waals surface area contributed by atoms with Gasteiger partial charge in [0.2, 0.25) is 0 Å². The average Bonchev–Trinajstić information content (AvgIpc) is 3.45. The number of likely N-dealkylation sites (tertiary alicyclic amines) is 1. The number of anilines is 2. The SMILES string of the molecule is Cc1cc(Nc2cc(C(F)(F)F)ccn2)nc(-c2ccc(C3(O)CCN(C(=O)c4ccc5cc[nH]c5n4)CC3)nc2)c1. The molecule has 0 bridgehead atoms. The highest BCUT2D eigenvalue weighted by Gasteiger charge is 2.37. The van der Waals surface area contributed by atoms with E-state index >= 15 is 0 Å². The number of rotatable bonds is 5. The van der Waals surface area contributed by atoms with E-state index in [1.165, 1.54) is 0 Å². The summed E-state index contributed by atoms with van der Waals surface area (Å²) in [6, 6.07) is 14.3. The van der Waals surface area contributed by atoms with Gasteiger partial charge in [0, 0.05) is 42.6 Å². The van der Waals surface area contributed by atoms with Crippen LogP contribution < -0.4 is 5.32 Å². The zero-order valence-corrected chi connectivity index (χ0v) is 22.5. The number of amides is 1. The summed E-state index contributed by atoms with van der Waals surface area (Å²) in [5.41, 5.74) is 1.54. The highest BCUT2D eigenvalue weighted by molar-refractivity contribution is 5.94. The minimum Gasteiger partial charge on any atom is -0.383 e. The first-order chi connectivity index (χ1) is 20.1. The van der Waals surface area contributed by atoms with E-state index in [0.717, 1.165) is 29.3 Å². The lowest BCUT2D eigenvalue weighted by molar-refractivity contribution is -0.137. The zero-order valence-electron chi connectivity index (χ0n) is 22.5. The highest BCUT2D eigenvalue weighted by atomic mass is 19.4. The number of nitrogens with zero attached hydrogens (tertiary/aromatic N) is 5. The summed E-state index contributed by atoms with van der Waals surface area (Å²) in [7, 11) is 0. The number of halogens is 3. The van der Waals surface area contributed by atoms with Gasteiger partial charge in [-0.3, -0.25) is 9.78 Å². The van der Waals surface area contributed by atoms with Crippen LogP contribution >= 0.6 is 0 Å². The Morgan fingerprint density at radius 3 is 2.55 bits per heavy atom. The van der Waals surface area contributed by atoms with Gasteiger partial charge < -0.3 is 20.3 Å². The van der Waals surface area contributed by atoms with Gasteiger partial charge in [0.1, 0.15) is 28.6 Å². The molecule has 0 atom stereocenters. The molecule has 1 amide bonds. The van der Waals surface area contributed by atoms with Gasteiger partial charge in [-0.1, -0.05) is 0 Å². The molecule has 0 radical (unpaired) electrons. The summed E-state index contributed by atoms with van der Waals surface area (Å²) in [5, 5.41) is 15.2. The maximum Gasteiger partial charge on any atom is 0.416 e. The maximum absolute atomic E-state index is 13.1. The van der Waals surface area contributed by atoms with Crippen molar-refractivity contribution in [1.82, 2.24) is 29.8 Å². The third-order valence-corrected chi connectivity index (χ3v) is 7.36. The van der Waals surface area contributed by atoms with Crippen molar-refractivity contribution in [2.75, 3.05) is 18.4 Å². The third kappa shape index (κ3) is 5.53. The number of hydrogen-bond acceptors (Lipinski definition) is 7. The molecule has 5 aromatic heterocycles. The number of fused-ring (bicyclic) bond motifs is 1. The first-order valence-electron chi connectivity index (χ1n) is 13.3. The van der Waals surface area contributed by atoms with Crippen molar-refractivity contribution in [2.24, 2.45) is 0 Å². The number of aliphatic hydroxyl groups is 1. The Balaban J connectivity index is 1.14. The van der Waals surface area contributed by atoms with Crippen LogP contribution in [-0.2, 0) is 11.8 Å². The van der Waals surface area contributed by atoms with Crippen molar-refractivity contribution >= 4 is 28.6 Å². The monoisotopic (exact) mass is 573 g/mol. The maximum atomic E-state index is 13.1. The molecule has 1 fully saturated rings. The molecule has 1 aliphatic heterocycles. The summed E-state index contributed by atoms with van der Waals surface area (Å²) < 4.78 is 39.3. The third-order valence-electron chi connectivity index (χ3n) is 7.36. The molecule has 0 aromatic carbocycles. The largest absolute Gasteiger partial charge is 0.416 e. The number of nitrogens with one attached hydrogen (secondary N) is 2. The van der Waals surface area contributed by atoms with Crippen LogP contribution in [0.1, 0.15) is 40.2 Å². The van der Waals surface area contributed by atoms with Crippen LogP contribution in [0.2, 0.25) is 0 Å². The fourth-order valence-electron chi connectivity index (χ4n) is 5.05. The summed E-state index contributed by atoms with van der Waals surface area (Å²) in [5.74, 6) is 0.170. The molecule has 0 aliphatic carbocycles. The van der Waals surface area contributed by atoms with E-state index in [-0.39, 0.29) is 11.7 Å². The molecule has 0 saturated carbocycles. The molecule has 12 heteroatoms. The van der Waals surface area contributed by atoms with Crippen LogP contribution in [-0.4, -0.2) is 53.9 Å². The summed E-state index contributed by atoms with van der Waals surface area (Å²) >= 11 is 0. The Bertz CT molecular complexity index is 1760. The zero-order chi connectivity index (χ0) is 29.5. The number of aromatic nitrogens is 5. The van der Waals surface area contributed by atoms with Crippen molar-refractivity contribution in [1.29, 1.82) is 0 Å².